The molecule has 4 nitrogen and oxygen atoms in total. The fourth-order valence-corrected chi connectivity index (χ4v) is 3.57. The zero-order chi connectivity index (χ0) is 15.3. The number of nitrogens with zero attached hydrogens (tertiary/aromatic N) is 1. The Morgan fingerprint density at radius 3 is 2.57 bits per heavy atom. The molecule has 2 rings (SSSR count). The minimum atomic E-state index is -0.732. The second-order valence-corrected chi connectivity index (χ2v) is 7.04. The number of carbonyl (C=O) groups is 2. The maximum atomic E-state index is 12.0. The fourth-order valence-electron chi connectivity index (χ4n) is 2.56. The highest BCUT2D eigenvalue weighted by molar-refractivity contribution is 7.18. The summed E-state index contributed by atoms with van der Waals surface area (Å²) >= 11 is 7.00. The lowest BCUT2D eigenvalue weighted by Gasteiger charge is -2.31. The van der Waals surface area contributed by atoms with Gasteiger partial charge in [0, 0.05) is 12.8 Å². The molecule has 6 heteroatoms. The molecule has 21 heavy (non-hydrogen) atoms. The zero-order valence-electron chi connectivity index (χ0n) is 11.7. The molecule has 0 bridgehead atoms. The van der Waals surface area contributed by atoms with Gasteiger partial charge in [0.25, 0.3) is 0 Å². The summed E-state index contributed by atoms with van der Waals surface area (Å²) in [7, 11) is 0. The summed E-state index contributed by atoms with van der Waals surface area (Å²) in [6.07, 6.45) is 4.67. The minimum Gasteiger partial charge on any atom is -0.338 e. The van der Waals surface area contributed by atoms with Gasteiger partial charge in [0.1, 0.15) is 5.54 Å². The van der Waals surface area contributed by atoms with Crippen molar-refractivity contribution in [3.05, 3.63) is 21.3 Å². The number of amides is 1. The lowest BCUT2D eigenvalue weighted by atomic mass is 9.83. The third kappa shape index (κ3) is 4.29. The van der Waals surface area contributed by atoms with E-state index in [9.17, 15) is 14.9 Å². The fraction of sp³-hybridized carbons (Fsp3) is 0.533. The largest absolute Gasteiger partial charge is 0.338 e. The predicted molar refractivity (Wildman–Crippen MR) is 82.5 cm³/mol. The maximum Gasteiger partial charge on any atom is 0.221 e. The highest BCUT2D eigenvalue weighted by Gasteiger charge is 2.33. The molecule has 1 heterocycles. The van der Waals surface area contributed by atoms with E-state index in [1.807, 2.05) is 0 Å². The van der Waals surface area contributed by atoms with Crippen LogP contribution in [0.5, 0.6) is 0 Å². The average molecular weight is 325 g/mol. The summed E-state index contributed by atoms with van der Waals surface area (Å²) in [6, 6.07) is 5.58. The van der Waals surface area contributed by atoms with Crippen LogP contribution in [0.1, 0.15) is 54.6 Å². The SMILES string of the molecule is N#CC1(NC(=O)CCC(=O)c2ccc(Cl)s2)CCCCC1. The van der Waals surface area contributed by atoms with Gasteiger partial charge in [0.2, 0.25) is 5.91 Å². The molecule has 1 saturated carbocycles. The second-order valence-electron chi connectivity index (χ2n) is 5.33. The molecule has 1 aromatic rings. The first kappa shape index (κ1) is 16.0. The minimum absolute atomic E-state index is 0.0864. The van der Waals surface area contributed by atoms with Gasteiger partial charge < -0.3 is 5.32 Å². The number of carbonyl (C=O) groups excluding carboxylic acids is 2. The summed E-state index contributed by atoms with van der Waals surface area (Å²) in [5.74, 6) is -0.314. The summed E-state index contributed by atoms with van der Waals surface area (Å²) in [4.78, 5) is 24.5. The van der Waals surface area contributed by atoms with Crippen LogP contribution in [0, 0.1) is 11.3 Å². The van der Waals surface area contributed by atoms with E-state index in [1.165, 1.54) is 11.3 Å². The van der Waals surface area contributed by atoms with Gasteiger partial charge in [0.05, 0.1) is 15.3 Å². The first-order chi connectivity index (χ1) is 10.0. The van der Waals surface area contributed by atoms with E-state index in [2.05, 4.69) is 11.4 Å². The standard InChI is InChI=1S/C15H17ClN2O2S/c16-13-6-5-12(21-13)11(19)4-7-14(20)18-15(10-17)8-2-1-3-9-15/h5-6H,1-4,7-9H2,(H,18,20). The van der Waals surface area contributed by atoms with Crippen molar-refractivity contribution in [2.24, 2.45) is 0 Å². The molecule has 1 fully saturated rings. The summed E-state index contributed by atoms with van der Waals surface area (Å²) in [6.45, 7) is 0. The third-order valence-corrected chi connectivity index (χ3v) is 5.00. The topological polar surface area (TPSA) is 70.0 Å². The molecule has 0 aliphatic heterocycles. The normalized spacial score (nSPS) is 17.0. The van der Waals surface area contributed by atoms with E-state index >= 15 is 0 Å². The van der Waals surface area contributed by atoms with Gasteiger partial charge in [-0.05, 0) is 25.0 Å². The van der Waals surface area contributed by atoms with Gasteiger partial charge in [0.15, 0.2) is 5.78 Å². The zero-order valence-corrected chi connectivity index (χ0v) is 13.2. The lowest BCUT2D eigenvalue weighted by molar-refractivity contribution is -0.122. The van der Waals surface area contributed by atoms with Crippen LogP contribution >= 0.6 is 22.9 Å². The lowest BCUT2D eigenvalue weighted by Crippen LogP contribution is -2.48. The number of hydrogen-bond acceptors (Lipinski definition) is 4. The molecule has 0 aromatic carbocycles. The van der Waals surface area contributed by atoms with Crippen molar-refractivity contribution in [1.82, 2.24) is 5.32 Å². The molecule has 1 amide bonds. The predicted octanol–water partition coefficient (Wildman–Crippen LogP) is 3.71. The molecule has 0 unspecified atom stereocenters. The van der Waals surface area contributed by atoms with E-state index in [4.69, 9.17) is 11.6 Å². The van der Waals surface area contributed by atoms with Crippen molar-refractivity contribution in [1.29, 1.82) is 5.26 Å². The summed E-state index contributed by atoms with van der Waals surface area (Å²) in [5, 5.41) is 12.1. The van der Waals surface area contributed by atoms with E-state index < -0.39 is 5.54 Å². The Kier molecular flexibility index (Phi) is 5.38. The van der Waals surface area contributed by atoms with Gasteiger partial charge in [-0.3, -0.25) is 9.59 Å². The molecule has 112 valence electrons. The van der Waals surface area contributed by atoms with E-state index in [0.29, 0.717) is 22.1 Å². The van der Waals surface area contributed by atoms with Crippen molar-refractivity contribution in [3.8, 4) is 6.07 Å². The van der Waals surface area contributed by atoms with Crippen LogP contribution in [0.3, 0.4) is 0 Å². The van der Waals surface area contributed by atoms with E-state index in [0.717, 1.165) is 19.3 Å². The van der Waals surface area contributed by atoms with Crippen molar-refractivity contribution in [3.63, 3.8) is 0 Å². The second kappa shape index (κ2) is 7.06. The van der Waals surface area contributed by atoms with Crippen molar-refractivity contribution in [2.45, 2.75) is 50.5 Å². The quantitative estimate of drug-likeness (QED) is 0.839. The molecule has 0 spiro atoms. The van der Waals surface area contributed by atoms with E-state index in [-0.39, 0.29) is 24.5 Å². The Labute approximate surface area is 133 Å². The highest BCUT2D eigenvalue weighted by Crippen LogP contribution is 2.28. The molecule has 1 aliphatic rings. The number of ketones is 1. The molecular formula is C15H17ClN2O2S. The maximum absolute atomic E-state index is 12.0. The summed E-state index contributed by atoms with van der Waals surface area (Å²) in [5.41, 5.74) is -0.732. The number of nitrogens with one attached hydrogen (secondary N) is 1. The van der Waals surface area contributed by atoms with Gasteiger partial charge in [-0.1, -0.05) is 30.9 Å². The van der Waals surface area contributed by atoms with Gasteiger partial charge in [-0.25, -0.2) is 0 Å². The molecule has 1 aromatic heterocycles. The Bertz CT molecular complexity index is 570. The molecule has 0 saturated heterocycles. The van der Waals surface area contributed by atoms with Gasteiger partial charge >= 0.3 is 0 Å². The number of hydrogen-bond donors (Lipinski definition) is 1. The highest BCUT2D eigenvalue weighted by atomic mass is 35.5. The first-order valence-electron chi connectivity index (χ1n) is 7.05. The Hall–Kier alpha value is -1.38. The number of nitriles is 1. The Morgan fingerprint density at radius 1 is 1.29 bits per heavy atom. The van der Waals surface area contributed by atoms with Crippen molar-refractivity contribution < 1.29 is 9.59 Å². The Morgan fingerprint density at radius 2 is 2.00 bits per heavy atom. The molecule has 0 radical (unpaired) electrons. The number of rotatable bonds is 5. The summed E-state index contributed by atoms with van der Waals surface area (Å²) < 4.78 is 0.563. The van der Waals surface area contributed by atoms with Gasteiger partial charge in [-0.15, -0.1) is 11.3 Å². The van der Waals surface area contributed by atoms with Crippen LogP contribution in [0.4, 0.5) is 0 Å². The molecular weight excluding hydrogens is 308 g/mol. The van der Waals surface area contributed by atoms with Crippen LogP contribution in [0.15, 0.2) is 12.1 Å². The number of halogens is 1. The Balaban J connectivity index is 1.84. The van der Waals surface area contributed by atoms with Crippen LogP contribution in [-0.4, -0.2) is 17.2 Å². The van der Waals surface area contributed by atoms with E-state index in [1.54, 1.807) is 12.1 Å². The monoisotopic (exact) mass is 324 g/mol. The third-order valence-electron chi connectivity index (χ3n) is 3.73. The number of thiophene rings is 1. The van der Waals surface area contributed by atoms with Gasteiger partial charge in [-0.2, -0.15) is 5.26 Å². The number of Topliss-reactive ketones (excluding diaryl/α,β-unsaturated/α-hetero) is 1. The van der Waals surface area contributed by atoms with Crippen LogP contribution in [0.2, 0.25) is 4.34 Å². The van der Waals surface area contributed by atoms with Crippen molar-refractivity contribution >= 4 is 34.6 Å². The van der Waals surface area contributed by atoms with Crippen LogP contribution < -0.4 is 5.32 Å². The molecule has 1 N–H and O–H groups in total. The first-order valence-corrected chi connectivity index (χ1v) is 8.25. The van der Waals surface area contributed by atoms with Crippen molar-refractivity contribution in [2.75, 3.05) is 0 Å². The van der Waals surface area contributed by atoms with Crippen LogP contribution in [0.25, 0.3) is 0 Å². The molecule has 1 aliphatic carbocycles. The molecule has 0 atom stereocenters. The van der Waals surface area contributed by atoms with Crippen LogP contribution in [-0.2, 0) is 4.79 Å². The smallest absolute Gasteiger partial charge is 0.221 e. The average Bonchev–Trinajstić information content (AvgIpc) is 2.92.